The molecule has 0 saturated heterocycles. The largest absolute Gasteiger partial charge is 0.311 e. The monoisotopic (exact) mass is 427 g/mol. The highest BCUT2D eigenvalue weighted by Gasteiger charge is 2.25. The van der Waals surface area contributed by atoms with Gasteiger partial charge in [-0.1, -0.05) is 60.3 Å². The van der Waals surface area contributed by atoms with E-state index in [1.165, 1.54) is 17.3 Å². The Morgan fingerprint density at radius 2 is 1.81 bits per heavy atom. The number of hydrogen-bond donors (Lipinski definition) is 0. The van der Waals surface area contributed by atoms with E-state index >= 15 is 0 Å². The molecule has 4 aromatic rings. The number of para-hydroxylation sites is 1. The number of carbonyl (C=O) groups is 1. The summed E-state index contributed by atoms with van der Waals surface area (Å²) >= 11 is 1.43. The summed E-state index contributed by atoms with van der Waals surface area (Å²) in [7, 11) is 0. The van der Waals surface area contributed by atoms with Crippen LogP contribution in [0.3, 0.4) is 0 Å². The first-order valence-electron chi connectivity index (χ1n) is 10.2. The van der Waals surface area contributed by atoms with Crippen LogP contribution in [0.25, 0.3) is 11.4 Å². The molecule has 5 rings (SSSR count). The smallest absolute Gasteiger partial charge is 0.237 e. The molecule has 1 aliphatic rings. The van der Waals surface area contributed by atoms with Gasteiger partial charge < -0.3 is 4.90 Å². The summed E-state index contributed by atoms with van der Waals surface area (Å²) < 4.78 is 2.06. The van der Waals surface area contributed by atoms with Gasteiger partial charge in [0.05, 0.1) is 12.3 Å². The van der Waals surface area contributed by atoms with Crippen LogP contribution in [-0.4, -0.2) is 38.0 Å². The number of amides is 1. The molecule has 0 N–H and O–H groups in total. The number of nitrogens with zero attached hydrogens (tertiary/aromatic N) is 5. The Balaban J connectivity index is 1.39. The van der Waals surface area contributed by atoms with E-state index in [0.29, 0.717) is 12.3 Å². The van der Waals surface area contributed by atoms with Crippen molar-refractivity contribution in [3.05, 3.63) is 90.3 Å². The third-order valence-corrected chi connectivity index (χ3v) is 6.28. The van der Waals surface area contributed by atoms with Crippen molar-refractivity contribution in [2.75, 3.05) is 17.2 Å². The Morgan fingerprint density at radius 3 is 2.65 bits per heavy atom. The Bertz CT molecular complexity index is 1190. The minimum atomic E-state index is 0.0899. The summed E-state index contributed by atoms with van der Waals surface area (Å²) in [5.74, 6) is 1.15. The van der Waals surface area contributed by atoms with Gasteiger partial charge in [0.25, 0.3) is 0 Å². The molecular weight excluding hydrogens is 406 g/mol. The van der Waals surface area contributed by atoms with Gasteiger partial charge in [-0.2, -0.15) is 0 Å². The minimum Gasteiger partial charge on any atom is -0.311 e. The lowest BCUT2D eigenvalue weighted by atomic mass is 10.2. The lowest BCUT2D eigenvalue weighted by Gasteiger charge is -2.17. The van der Waals surface area contributed by atoms with E-state index in [-0.39, 0.29) is 5.91 Å². The van der Waals surface area contributed by atoms with Crippen molar-refractivity contribution < 1.29 is 4.79 Å². The number of thioether (sulfide) groups is 1. The standard InChI is InChI=1S/C24H21N5OS/c30-22(28-14-12-19-9-4-5-11-21(19)28)17-31-24-27-26-23(20-10-6-13-25-15-20)29(24)16-18-7-2-1-3-8-18/h1-11,13,15H,12,14,16-17H2. The summed E-state index contributed by atoms with van der Waals surface area (Å²) in [5, 5.41) is 9.56. The molecule has 0 saturated carbocycles. The van der Waals surface area contributed by atoms with Gasteiger partial charge in [-0.3, -0.25) is 14.3 Å². The average Bonchev–Trinajstić information content (AvgIpc) is 3.43. The first-order valence-corrected chi connectivity index (χ1v) is 11.2. The zero-order valence-electron chi connectivity index (χ0n) is 16.9. The van der Waals surface area contributed by atoms with Crippen molar-refractivity contribution in [2.45, 2.75) is 18.1 Å². The molecule has 0 atom stereocenters. The van der Waals surface area contributed by atoms with Gasteiger partial charge in [-0.15, -0.1) is 10.2 Å². The number of rotatable bonds is 6. The molecule has 1 amide bonds. The molecular formula is C24H21N5OS. The second-order valence-electron chi connectivity index (χ2n) is 7.33. The lowest BCUT2D eigenvalue weighted by Crippen LogP contribution is -2.30. The molecule has 0 fully saturated rings. The van der Waals surface area contributed by atoms with Crippen LogP contribution in [0.5, 0.6) is 0 Å². The maximum atomic E-state index is 13.0. The molecule has 0 radical (unpaired) electrons. The van der Waals surface area contributed by atoms with Crippen LogP contribution in [0, 0.1) is 0 Å². The molecule has 154 valence electrons. The zero-order chi connectivity index (χ0) is 21.0. The summed E-state index contributed by atoms with van der Waals surface area (Å²) in [5.41, 5.74) is 4.30. The van der Waals surface area contributed by atoms with Gasteiger partial charge in [0, 0.05) is 30.2 Å². The highest BCUT2D eigenvalue weighted by atomic mass is 32.2. The second-order valence-corrected chi connectivity index (χ2v) is 8.27. The number of carbonyl (C=O) groups excluding carboxylic acids is 1. The molecule has 7 heteroatoms. The molecule has 2 aromatic carbocycles. The number of hydrogen-bond acceptors (Lipinski definition) is 5. The normalized spacial score (nSPS) is 12.7. The Kier molecular flexibility index (Phi) is 5.50. The average molecular weight is 428 g/mol. The van der Waals surface area contributed by atoms with Crippen molar-refractivity contribution in [2.24, 2.45) is 0 Å². The van der Waals surface area contributed by atoms with Crippen molar-refractivity contribution >= 4 is 23.4 Å². The van der Waals surface area contributed by atoms with Crippen LogP contribution in [0.1, 0.15) is 11.1 Å². The van der Waals surface area contributed by atoms with Crippen molar-refractivity contribution in [3.63, 3.8) is 0 Å². The Morgan fingerprint density at radius 1 is 0.968 bits per heavy atom. The van der Waals surface area contributed by atoms with Crippen LogP contribution in [-0.2, 0) is 17.8 Å². The van der Waals surface area contributed by atoms with Gasteiger partial charge in [-0.25, -0.2) is 0 Å². The number of pyridine rings is 1. The molecule has 0 unspecified atom stereocenters. The molecule has 31 heavy (non-hydrogen) atoms. The number of aromatic nitrogens is 4. The SMILES string of the molecule is O=C(CSc1nnc(-c2cccnc2)n1Cc1ccccc1)N1CCc2ccccc21. The van der Waals surface area contributed by atoms with E-state index in [1.54, 1.807) is 12.4 Å². The van der Waals surface area contributed by atoms with E-state index in [0.717, 1.165) is 40.8 Å². The first kappa shape index (κ1) is 19.5. The van der Waals surface area contributed by atoms with E-state index in [1.807, 2.05) is 53.4 Å². The summed E-state index contributed by atoms with van der Waals surface area (Å²) in [6.07, 6.45) is 4.43. The van der Waals surface area contributed by atoms with E-state index in [4.69, 9.17) is 0 Å². The van der Waals surface area contributed by atoms with E-state index < -0.39 is 0 Å². The van der Waals surface area contributed by atoms with Gasteiger partial charge in [0.15, 0.2) is 11.0 Å². The number of fused-ring (bicyclic) bond motifs is 1. The Labute approximate surface area is 185 Å². The highest BCUT2D eigenvalue weighted by Crippen LogP contribution is 2.30. The number of benzene rings is 2. The van der Waals surface area contributed by atoms with Gasteiger partial charge >= 0.3 is 0 Å². The van der Waals surface area contributed by atoms with E-state index in [9.17, 15) is 4.79 Å². The molecule has 2 aromatic heterocycles. The van der Waals surface area contributed by atoms with Gasteiger partial charge in [0.1, 0.15) is 0 Å². The highest BCUT2D eigenvalue weighted by molar-refractivity contribution is 7.99. The quantitative estimate of drug-likeness (QED) is 0.434. The fourth-order valence-corrected chi connectivity index (χ4v) is 4.63. The third kappa shape index (κ3) is 4.09. The molecule has 1 aliphatic heterocycles. The maximum Gasteiger partial charge on any atom is 0.237 e. The van der Waals surface area contributed by atoms with E-state index in [2.05, 4.69) is 37.9 Å². The molecule has 3 heterocycles. The van der Waals surface area contributed by atoms with Crippen LogP contribution < -0.4 is 4.90 Å². The summed E-state index contributed by atoms with van der Waals surface area (Å²) in [6, 6.07) is 22.2. The van der Waals surface area contributed by atoms with Gasteiger partial charge in [-0.05, 0) is 35.7 Å². The van der Waals surface area contributed by atoms with Crippen LogP contribution in [0.15, 0.2) is 84.3 Å². The summed E-state index contributed by atoms with van der Waals surface area (Å²) in [6.45, 7) is 1.36. The van der Waals surface area contributed by atoms with Crippen LogP contribution in [0.4, 0.5) is 5.69 Å². The lowest BCUT2D eigenvalue weighted by molar-refractivity contribution is -0.116. The second kappa shape index (κ2) is 8.73. The fraction of sp³-hybridized carbons (Fsp3) is 0.167. The topological polar surface area (TPSA) is 63.9 Å². The van der Waals surface area contributed by atoms with Crippen molar-refractivity contribution in [3.8, 4) is 11.4 Å². The maximum absolute atomic E-state index is 13.0. The molecule has 0 aliphatic carbocycles. The minimum absolute atomic E-state index is 0.0899. The zero-order valence-corrected chi connectivity index (χ0v) is 17.7. The number of anilines is 1. The predicted octanol–water partition coefficient (Wildman–Crippen LogP) is 4.07. The summed E-state index contributed by atoms with van der Waals surface area (Å²) in [4.78, 5) is 19.1. The van der Waals surface area contributed by atoms with Crippen molar-refractivity contribution in [1.29, 1.82) is 0 Å². The fourth-order valence-electron chi connectivity index (χ4n) is 3.81. The van der Waals surface area contributed by atoms with Crippen LogP contribution in [0.2, 0.25) is 0 Å². The van der Waals surface area contributed by atoms with Crippen LogP contribution >= 0.6 is 11.8 Å². The predicted molar refractivity (Wildman–Crippen MR) is 122 cm³/mol. The van der Waals surface area contributed by atoms with Crippen molar-refractivity contribution in [1.82, 2.24) is 19.7 Å². The first-order chi connectivity index (χ1) is 15.3. The van der Waals surface area contributed by atoms with Gasteiger partial charge in [0.2, 0.25) is 5.91 Å². The Hall–Kier alpha value is -3.45. The molecule has 0 bridgehead atoms. The molecule has 6 nitrogen and oxygen atoms in total. The molecule has 0 spiro atoms. The third-order valence-electron chi connectivity index (χ3n) is 5.33.